The van der Waals surface area contributed by atoms with Gasteiger partial charge in [0.05, 0.1) is 13.0 Å². The molecular formula is C12H22N4O4S. The predicted molar refractivity (Wildman–Crippen MR) is 78.0 cm³/mol. The van der Waals surface area contributed by atoms with Crippen LogP contribution in [0.4, 0.5) is 5.82 Å². The molecule has 0 fully saturated rings. The number of aromatic nitrogens is 2. The Hall–Kier alpha value is -1.61. The summed E-state index contributed by atoms with van der Waals surface area (Å²) in [6.45, 7) is 4.54. The van der Waals surface area contributed by atoms with Crippen LogP contribution in [0.5, 0.6) is 0 Å². The Labute approximate surface area is 124 Å². The first-order valence-electron chi connectivity index (χ1n) is 6.77. The summed E-state index contributed by atoms with van der Waals surface area (Å²) in [7, 11) is -2.37. The van der Waals surface area contributed by atoms with Gasteiger partial charge in [-0.25, -0.2) is 12.7 Å². The fourth-order valence-corrected chi connectivity index (χ4v) is 2.96. The third-order valence-corrected chi connectivity index (χ3v) is 4.71. The molecule has 0 bridgehead atoms. The van der Waals surface area contributed by atoms with Crippen molar-refractivity contribution in [2.75, 3.05) is 25.9 Å². The van der Waals surface area contributed by atoms with Gasteiger partial charge < -0.3 is 10.5 Å². The van der Waals surface area contributed by atoms with Crippen LogP contribution in [0.1, 0.15) is 26.7 Å². The van der Waals surface area contributed by atoms with Crippen molar-refractivity contribution in [3.8, 4) is 0 Å². The van der Waals surface area contributed by atoms with Crippen LogP contribution in [-0.4, -0.2) is 48.7 Å². The number of carbonyl (C=O) groups excluding carboxylic acids is 1. The fraction of sp³-hybridized carbons (Fsp3) is 0.667. The maximum absolute atomic E-state index is 12.4. The molecule has 0 spiro atoms. The quantitative estimate of drug-likeness (QED) is 0.697. The van der Waals surface area contributed by atoms with E-state index in [4.69, 9.17) is 10.5 Å². The highest BCUT2D eigenvalue weighted by Crippen LogP contribution is 2.20. The second-order valence-corrected chi connectivity index (χ2v) is 6.54. The third-order valence-electron chi connectivity index (χ3n) is 2.83. The number of anilines is 1. The van der Waals surface area contributed by atoms with Crippen LogP contribution < -0.4 is 5.73 Å². The molecule has 0 radical (unpaired) electrons. The van der Waals surface area contributed by atoms with Gasteiger partial charge in [-0.15, -0.1) is 0 Å². The molecule has 0 aliphatic carbocycles. The minimum atomic E-state index is -3.76. The van der Waals surface area contributed by atoms with Crippen LogP contribution in [0.15, 0.2) is 11.1 Å². The molecule has 1 heterocycles. The normalized spacial score (nSPS) is 11.8. The molecule has 0 saturated heterocycles. The lowest BCUT2D eigenvalue weighted by atomic mass is 10.4. The van der Waals surface area contributed by atoms with Gasteiger partial charge in [0.1, 0.15) is 4.90 Å². The van der Waals surface area contributed by atoms with Crippen LogP contribution in [0.25, 0.3) is 0 Å². The molecule has 9 heteroatoms. The second-order valence-electron chi connectivity index (χ2n) is 4.52. The molecule has 120 valence electrons. The average Bonchev–Trinajstić information content (AvgIpc) is 2.78. The van der Waals surface area contributed by atoms with Crippen molar-refractivity contribution in [1.29, 1.82) is 0 Å². The first-order chi connectivity index (χ1) is 9.82. The number of nitrogens with zero attached hydrogens (tertiary/aromatic N) is 3. The van der Waals surface area contributed by atoms with E-state index >= 15 is 0 Å². The molecule has 1 aromatic rings. The molecule has 0 aliphatic rings. The summed E-state index contributed by atoms with van der Waals surface area (Å²) < 4.78 is 32.1. The lowest BCUT2D eigenvalue weighted by Gasteiger charge is -2.15. The standard InChI is InChI=1S/C12H22N4O4S/c1-4-7-16-9-10(12(13)14-16)21(18,19)15(3)8-6-11(17)20-5-2/h9H,4-8H2,1-3H3,(H2,13,14). The summed E-state index contributed by atoms with van der Waals surface area (Å²) in [4.78, 5) is 11.2. The topological polar surface area (TPSA) is 108 Å². The highest BCUT2D eigenvalue weighted by Gasteiger charge is 2.26. The van der Waals surface area contributed by atoms with Crippen LogP contribution in [0.3, 0.4) is 0 Å². The van der Waals surface area contributed by atoms with Gasteiger partial charge >= 0.3 is 5.97 Å². The first-order valence-corrected chi connectivity index (χ1v) is 8.21. The Morgan fingerprint density at radius 2 is 2.14 bits per heavy atom. The van der Waals surface area contributed by atoms with Gasteiger partial charge in [0, 0.05) is 26.3 Å². The van der Waals surface area contributed by atoms with E-state index < -0.39 is 16.0 Å². The zero-order valence-electron chi connectivity index (χ0n) is 12.6. The summed E-state index contributed by atoms with van der Waals surface area (Å²) >= 11 is 0. The third kappa shape index (κ3) is 4.43. The number of carbonyl (C=O) groups is 1. The molecular weight excluding hydrogens is 296 g/mol. The van der Waals surface area contributed by atoms with E-state index in [1.54, 1.807) is 6.92 Å². The van der Waals surface area contributed by atoms with Gasteiger partial charge in [-0.1, -0.05) is 6.92 Å². The van der Waals surface area contributed by atoms with E-state index in [2.05, 4.69) is 5.10 Å². The van der Waals surface area contributed by atoms with Gasteiger partial charge in [-0.3, -0.25) is 9.48 Å². The highest BCUT2D eigenvalue weighted by atomic mass is 32.2. The predicted octanol–water partition coefficient (Wildman–Crippen LogP) is 0.449. The summed E-state index contributed by atoms with van der Waals surface area (Å²) in [5.74, 6) is -0.472. The van der Waals surface area contributed by atoms with Crippen molar-refractivity contribution in [1.82, 2.24) is 14.1 Å². The molecule has 8 nitrogen and oxygen atoms in total. The van der Waals surface area contributed by atoms with Crippen LogP contribution in [-0.2, 0) is 26.1 Å². The number of sulfonamides is 1. The minimum Gasteiger partial charge on any atom is -0.466 e. The van der Waals surface area contributed by atoms with Crippen molar-refractivity contribution in [3.05, 3.63) is 6.20 Å². The molecule has 2 N–H and O–H groups in total. The van der Waals surface area contributed by atoms with Crippen molar-refractivity contribution in [3.63, 3.8) is 0 Å². The molecule has 0 saturated carbocycles. The molecule has 0 aromatic carbocycles. The number of hydrogen-bond acceptors (Lipinski definition) is 6. The average molecular weight is 318 g/mol. The summed E-state index contributed by atoms with van der Waals surface area (Å²) in [6.07, 6.45) is 2.22. The Kier molecular flexibility index (Phi) is 6.16. The Bertz CT molecular complexity index is 582. The number of aryl methyl sites for hydroxylation is 1. The summed E-state index contributed by atoms with van der Waals surface area (Å²) in [5.41, 5.74) is 5.67. The van der Waals surface area contributed by atoms with Crippen molar-refractivity contribution in [2.45, 2.75) is 38.1 Å². The van der Waals surface area contributed by atoms with Gasteiger partial charge in [0.15, 0.2) is 5.82 Å². The molecule has 0 amide bonds. The molecule has 0 aliphatic heterocycles. The summed E-state index contributed by atoms with van der Waals surface area (Å²) in [6, 6.07) is 0. The molecule has 1 aromatic heterocycles. The Balaban J connectivity index is 2.82. The van der Waals surface area contributed by atoms with E-state index in [9.17, 15) is 13.2 Å². The van der Waals surface area contributed by atoms with Gasteiger partial charge in [-0.05, 0) is 13.3 Å². The van der Waals surface area contributed by atoms with E-state index in [0.29, 0.717) is 6.54 Å². The van der Waals surface area contributed by atoms with Crippen molar-refractivity contribution in [2.24, 2.45) is 0 Å². The number of hydrogen-bond donors (Lipinski definition) is 1. The van der Waals surface area contributed by atoms with E-state index in [1.807, 2.05) is 6.92 Å². The number of esters is 1. The largest absolute Gasteiger partial charge is 0.466 e. The molecule has 0 atom stereocenters. The summed E-state index contributed by atoms with van der Waals surface area (Å²) in [5, 5.41) is 3.97. The zero-order valence-corrected chi connectivity index (χ0v) is 13.4. The number of nitrogen functional groups attached to an aromatic ring is 1. The van der Waals surface area contributed by atoms with Crippen LogP contribution in [0, 0.1) is 0 Å². The lowest BCUT2D eigenvalue weighted by Crippen LogP contribution is -2.29. The molecule has 1 rings (SSSR count). The minimum absolute atomic E-state index is 0.00737. The first kappa shape index (κ1) is 17.4. The van der Waals surface area contributed by atoms with Crippen LogP contribution >= 0.6 is 0 Å². The molecule has 0 unspecified atom stereocenters. The second kappa shape index (κ2) is 7.41. The fourth-order valence-electron chi connectivity index (χ4n) is 1.73. The Morgan fingerprint density at radius 3 is 2.71 bits per heavy atom. The smallest absolute Gasteiger partial charge is 0.307 e. The highest BCUT2D eigenvalue weighted by molar-refractivity contribution is 7.89. The van der Waals surface area contributed by atoms with E-state index in [-0.39, 0.29) is 30.3 Å². The SMILES string of the molecule is CCCn1cc(S(=O)(=O)N(C)CCC(=O)OCC)c(N)n1. The van der Waals surface area contributed by atoms with Crippen LogP contribution in [0.2, 0.25) is 0 Å². The molecule has 21 heavy (non-hydrogen) atoms. The van der Waals surface area contributed by atoms with Crippen molar-refractivity contribution < 1.29 is 17.9 Å². The maximum Gasteiger partial charge on any atom is 0.307 e. The maximum atomic E-state index is 12.4. The zero-order chi connectivity index (χ0) is 16.0. The number of ether oxygens (including phenoxy) is 1. The lowest BCUT2D eigenvalue weighted by molar-refractivity contribution is -0.143. The van der Waals surface area contributed by atoms with E-state index in [1.165, 1.54) is 17.9 Å². The Morgan fingerprint density at radius 1 is 1.48 bits per heavy atom. The van der Waals surface area contributed by atoms with Crippen molar-refractivity contribution >= 4 is 21.8 Å². The van der Waals surface area contributed by atoms with Gasteiger partial charge in [0.25, 0.3) is 0 Å². The van der Waals surface area contributed by atoms with Gasteiger partial charge in [-0.2, -0.15) is 5.10 Å². The van der Waals surface area contributed by atoms with Gasteiger partial charge in [0.2, 0.25) is 10.0 Å². The van der Waals surface area contributed by atoms with E-state index in [0.717, 1.165) is 10.7 Å². The monoisotopic (exact) mass is 318 g/mol. The number of nitrogens with two attached hydrogens (primary N) is 1. The number of rotatable bonds is 8.